The molecule has 0 spiro atoms. The predicted octanol–water partition coefficient (Wildman–Crippen LogP) is 4.52. The van der Waals surface area contributed by atoms with Gasteiger partial charge in [0.05, 0.1) is 24.0 Å². The zero-order chi connectivity index (χ0) is 17.9. The monoisotopic (exact) mass is 342 g/mol. The van der Waals surface area contributed by atoms with Gasteiger partial charge in [0.15, 0.2) is 0 Å². The molecule has 0 saturated carbocycles. The Hall–Kier alpha value is -2.77. The number of benzene rings is 2. The first-order valence-electron chi connectivity index (χ1n) is 6.78. The molecule has 24 heavy (non-hydrogen) atoms. The Kier molecular flexibility index (Phi) is 4.96. The van der Waals surface area contributed by atoms with Crippen LogP contribution in [-0.4, -0.2) is 20.2 Å². The minimum atomic E-state index is -4.57. The molecular formula is C16H14F4N2O2. The molecule has 0 aliphatic carbocycles. The summed E-state index contributed by atoms with van der Waals surface area (Å²) in [5.74, 6) is -0.579. The van der Waals surface area contributed by atoms with Gasteiger partial charge in [-0.2, -0.15) is 13.2 Å². The highest BCUT2D eigenvalue weighted by molar-refractivity contribution is 6.02. The van der Waals surface area contributed by atoms with Crippen molar-refractivity contribution < 1.29 is 27.1 Å². The number of amides is 2. The maximum Gasteiger partial charge on any atom is 0.416 e. The van der Waals surface area contributed by atoms with Gasteiger partial charge in [-0.3, -0.25) is 4.90 Å². The number of urea groups is 1. The van der Waals surface area contributed by atoms with Crippen molar-refractivity contribution in [3.8, 4) is 5.75 Å². The van der Waals surface area contributed by atoms with Crippen LogP contribution < -0.4 is 15.0 Å². The quantitative estimate of drug-likeness (QED) is 0.833. The number of carbonyl (C=O) groups excluding carboxylic acids is 1. The van der Waals surface area contributed by atoms with Gasteiger partial charge in [-0.05, 0) is 30.3 Å². The summed E-state index contributed by atoms with van der Waals surface area (Å²) < 4.78 is 57.1. The zero-order valence-corrected chi connectivity index (χ0v) is 12.8. The number of carbonyl (C=O) groups is 1. The number of hydrogen-bond acceptors (Lipinski definition) is 2. The van der Waals surface area contributed by atoms with E-state index in [1.165, 1.54) is 38.4 Å². The lowest BCUT2D eigenvalue weighted by molar-refractivity contribution is -0.137. The number of anilines is 2. The summed E-state index contributed by atoms with van der Waals surface area (Å²) in [5, 5.41) is 2.29. The van der Waals surface area contributed by atoms with E-state index in [9.17, 15) is 22.4 Å². The van der Waals surface area contributed by atoms with E-state index in [0.29, 0.717) is 0 Å². The lowest BCUT2D eigenvalue weighted by Gasteiger charge is -2.20. The van der Waals surface area contributed by atoms with Crippen LogP contribution in [0.15, 0.2) is 42.5 Å². The van der Waals surface area contributed by atoms with Crippen LogP contribution in [-0.2, 0) is 6.18 Å². The van der Waals surface area contributed by atoms with Gasteiger partial charge in [-0.25, -0.2) is 9.18 Å². The normalized spacial score (nSPS) is 11.1. The molecule has 0 aromatic heterocycles. The van der Waals surface area contributed by atoms with E-state index in [2.05, 4.69) is 5.32 Å². The van der Waals surface area contributed by atoms with Crippen molar-refractivity contribution in [3.05, 3.63) is 53.8 Å². The molecule has 0 atom stereocenters. The second-order valence-electron chi connectivity index (χ2n) is 4.85. The largest absolute Gasteiger partial charge is 0.495 e. The molecular weight excluding hydrogens is 328 g/mol. The number of para-hydroxylation sites is 1. The first kappa shape index (κ1) is 17.6. The fourth-order valence-electron chi connectivity index (χ4n) is 2.01. The smallest absolute Gasteiger partial charge is 0.416 e. The summed E-state index contributed by atoms with van der Waals surface area (Å²) >= 11 is 0. The van der Waals surface area contributed by atoms with Gasteiger partial charge in [0.2, 0.25) is 0 Å². The molecule has 2 aromatic rings. The number of methoxy groups -OCH3 is 1. The fraction of sp³-hybridized carbons (Fsp3) is 0.188. The molecule has 0 fully saturated rings. The van der Waals surface area contributed by atoms with Crippen LogP contribution in [0, 0.1) is 5.82 Å². The van der Waals surface area contributed by atoms with Crippen molar-refractivity contribution in [2.75, 3.05) is 24.4 Å². The topological polar surface area (TPSA) is 41.6 Å². The van der Waals surface area contributed by atoms with Gasteiger partial charge in [0.1, 0.15) is 11.6 Å². The van der Waals surface area contributed by atoms with E-state index < -0.39 is 23.6 Å². The first-order valence-corrected chi connectivity index (χ1v) is 6.78. The van der Waals surface area contributed by atoms with Gasteiger partial charge in [0, 0.05) is 7.05 Å². The molecule has 0 saturated heterocycles. The lowest BCUT2D eigenvalue weighted by Crippen LogP contribution is -2.32. The lowest BCUT2D eigenvalue weighted by atomic mass is 10.2. The van der Waals surface area contributed by atoms with Crippen molar-refractivity contribution in [3.63, 3.8) is 0 Å². The van der Waals surface area contributed by atoms with Gasteiger partial charge in [0.25, 0.3) is 0 Å². The summed E-state index contributed by atoms with van der Waals surface area (Å²) in [4.78, 5) is 13.2. The number of alkyl halides is 3. The van der Waals surface area contributed by atoms with E-state index in [4.69, 9.17) is 4.74 Å². The highest BCUT2D eigenvalue weighted by Crippen LogP contribution is 2.35. The van der Waals surface area contributed by atoms with Crippen LogP contribution in [0.3, 0.4) is 0 Å². The maximum atomic E-state index is 13.7. The second-order valence-corrected chi connectivity index (χ2v) is 4.85. The van der Waals surface area contributed by atoms with E-state index in [1.807, 2.05) is 0 Å². The Morgan fingerprint density at radius 3 is 2.42 bits per heavy atom. The van der Waals surface area contributed by atoms with Crippen molar-refractivity contribution in [2.24, 2.45) is 0 Å². The molecule has 0 aliphatic heterocycles. The van der Waals surface area contributed by atoms with Crippen LogP contribution in [0.4, 0.5) is 33.7 Å². The third kappa shape index (κ3) is 3.76. The van der Waals surface area contributed by atoms with Crippen LogP contribution in [0.25, 0.3) is 0 Å². The molecule has 0 aliphatic rings. The van der Waals surface area contributed by atoms with Crippen molar-refractivity contribution in [2.45, 2.75) is 6.18 Å². The van der Waals surface area contributed by atoms with E-state index in [0.717, 1.165) is 23.1 Å². The Bertz CT molecular complexity index is 747. The Labute approximate surface area is 135 Å². The standard InChI is InChI=1S/C16H14F4N2O2/c1-22(13-6-4-3-5-11(13)17)15(23)21-12-9-10(16(18,19)20)7-8-14(12)24-2/h3-9H,1-2H3,(H,21,23). The summed E-state index contributed by atoms with van der Waals surface area (Å²) in [6, 6.07) is 7.43. The fourth-order valence-corrected chi connectivity index (χ4v) is 2.01. The molecule has 4 nitrogen and oxygen atoms in total. The van der Waals surface area contributed by atoms with Crippen LogP contribution in [0.2, 0.25) is 0 Å². The van der Waals surface area contributed by atoms with E-state index >= 15 is 0 Å². The number of hydrogen-bond donors (Lipinski definition) is 1. The zero-order valence-electron chi connectivity index (χ0n) is 12.8. The minimum absolute atomic E-state index is 0.0130. The molecule has 0 bridgehead atoms. The SMILES string of the molecule is COc1ccc(C(F)(F)F)cc1NC(=O)N(C)c1ccccc1F. The number of nitrogens with zero attached hydrogens (tertiary/aromatic N) is 1. The minimum Gasteiger partial charge on any atom is -0.495 e. The molecule has 2 aromatic carbocycles. The van der Waals surface area contributed by atoms with Crippen molar-refractivity contribution >= 4 is 17.4 Å². The predicted molar refractivity (Wildman–Crippen MR) is 81.8 cm³/mol. The van der Waals surface area contributed by atoms with Gasteiger partial charge >= 0.3 is 12.2 Å². The summed E-state index contributed by atoms with van der Waals surface area (Å²) in [7, 11) is 2.56. The van der Waals surface area contributed by atoms with Crippen LogP contribution >= 0.6 is 0 Å². The summed E-state index contributed by atoms with van der Waals surface area (Å²) in [6.07, 6.45) is -4.57. The summed E-state index contributed by atoms with van der Waals surface area (Å²) in [6.45, 7) is 0. The third-order valence-electron chi connectivity index (χ3n) is 3.29. The Morgan fingerprint density at radius 1 is 1.17 bits per heavy atom. The Balaban J connectivity index is 2.29. The molecule has 0 radical (unpaired) electrons. The van der Waals surface area contributed by atoms with Gasteiger partial charge < -0.3 is 10.1 Å². The number of ether oxygens (including phenoxy) is 1. The molecule has 0 unspecified atom stereocenters. The third-order valence-corrected chi connectivity index (χ3v) is 3.29. The number of rotatable bonds is 3. The molecule has 128 valence electrons. The average Bonchev–Trinajstić information content (AvgIpc) is 2.53. The second kappa shape index (κ2) is 6.77. The average molecular weight is 342 g/mol. The molecule has 2 rings (SSSR count). The first-order chi connectivity index (χ1) is 11.2. The number of nitrogens with one attached hydrogen (secondary N) is 1. The molecule has 0 heterocycles. The molecule has 8 heteroatoms. The highest BCUT2D eigenvalue weighted by Gasteiger charge is 2.31. The van der Waals surface area contributed by atoms with E-state index in [1.54, 1.807) is 0 Å². The summed E-state index contributed by atoms with van der Waals surface area (Å²) in [5.41, 5.74) is -1.12. The molecule has 1 N–H and O–H groups in total. The highest BCUT2D eigenvalue weighted by atomic mass is 19.4. The van der Waals surface area contributed by atoms with Crippen molar-refractivity contribution in [1.29, 1.82) is 0 Å². The number of halogens is 4. The molecule has 2 amide bonds. The van der Waals surface area contributed by atoms with Crippen molar-refractivity contribution in [1.82, 2.24) is 0 Å². The maximum absolute atomic E-state index is 13.7. The van der Waals surface area contributed by atoms with Crippen LogP contribution in [0.5, 0.6) is 5.75 Å². The van der Waals surface area contributed by atoms with E-state index in [-0.39, 0.29) is 17.1 Å². The van der Waals surface area contributed by atoms with Crippen LogP contribution in [0.1, 0.15) is 5.56 Å². The van der Waals surface area contributed by atoms with Gasteiger partial charge in [-0.1, -0.05) is 12.1 Å². The van der Waals surface area contributed by atoms with Gasteiger partial charge in [-0.15, -0.1) is 0 Å². The Morgan fingerprint density at radius 2 is 1.83 bits per heavy atom.